The molecule has 0 bridgehead atoms. The van der Waals surface area contributed by atoms with Crippen LogP contribution in [0.3, 0.4) is 0 Å². The molecule has 1 heterocycles. The van der Waals surface area contributed by atoms with E-state index in [1.165, 1.54) is 0 Å². The van der Waals surface area contributed by atoms with Gasteiger partial charge in [-0.05, 0) is 29.2 Å². The van der Waals surface area contributed by atoms with E-state index in [0.29, 0.717) is 25.4 Å². The molecule has 0 fully saturated rings. The Morgan fingerprint density at radius 2 is 1.67 bits per heavy atom. The maximum Gasteiger partial charge on any atom is 0.404 e. The minimum absolute atomic E-state index is 0.366. The first-order chi connectivity index (χ1) is 15.9. The van der Waals surface area contributed by atoms with Crippen LogP contribution in [-0.2, 0) is 17.7 Å². The fourth-order valence-electron chi connectivity index (χ4n) is 3.93. The zero-order valence-corrected chi connectivity index (χ0v) is 19.3. The Labute approximate surface area is 196 Å². The van der Waals surface area contributed by atoms with Gasteiger partial charge in [-0.3, -0.25) is 9.88 Å². The molecule has 6 nitrogen and oxygen atoms in total. The summed E-state index contributed by atoms with van der Waals surface area (Å²) in [7, 11) is 0. The zero-order chi connectivity index (χ0) is 23.6. The lowest BCUT2D eigenvalue weighted by Crippen LogP contribution is -2.43. The van der Waals surface area contributed by atoms with Crippen molar-refractivity contribution in [3.63, 3.8) is 0 Å². The van der Waals surface area contributed by atoms with Crippen molar-refractivity contribution in [2.45, 2.75) is 39.0 Å². The molecule has 1 aromatic heterocycles. The lowest BCUT2D eigenvalue weighted by atomic mass is 10.0. The number of benzene rings is 2. The maximum absolute atomic E-state index is 11.5. The number of amides is 1. The number of pyridine rings is 1. The van der Waals surface area contributed by atoms with Crippen LogP contribution in [0.1, 0.15) is 25.0 Å². The number of aliphatic hydroxyl groups is 1. The van der Waals surface area contributed by atoms with Gasteiger partial charge in [-0.2, -0.15) is 0 Å². The molecule has 2 aromatic carbocycles. The summed E-state index contributed by atoms with van der Waals surface area (Å²) < 4.78 is 5.29. The molecule has 2 atom stereocenters. The fraction of sp³-hybridized carbons (Fsp3) is 0.333. The Bertz CT molecular complexity index is 979. The first kappa shape index (κ1) is 24.4. The highest BCUT2D eigenvalue weighted by Gasteiger charge is 2.26. The van der Waals surface area contributed by atoms with E-state index in [1.807, 2.05) is 48.5 Å². The van der Waals surface area contributed by atoms with Crippen molar-refractivity contribution < 1.29 is 14.6 Å². The minimum atomic E-state index is -0.879. The van der Waals surface area contributed by atoms with Crippen molar-refractivity contribution in [3.8, 4) is 11.3 Å². The van der Waals surface area contributed by atoms with Gasteiger partial charge in [0.15, 0.2) is 0 Å². The van der Waals surface area contributed by atoms with Gasteiger partial charge in [-0.25, -0.2) is 4.79 Å². The van der Waals surface area contributed by atoms with Crippen molar-refractivity contribution in [2.24, 2.45) is 11.7 Å². The van der Waals surface area contributed by atoms with Crippen LogP contribution in [-0.4, -0.2) is 46.4 Å². The van der Waals surface area contributed by atoms with E-state index < -0.39 is 18.3 Å². The molecule has 0 radical (unpaired) electrons. The van der Waals surface area contributed by atoms with Crippen molar-refractivity contribution >= 4 is 6.09 Å². The van der Waals surface area contributed by atoms with Crippen LogP contribution in [0.2, 0.25) is 0 Å². The second kappa shape index (κ2) is 12.1. The molecule has 6 heteroatoms. The van der Waals surface area contributed by atoms with Crippen molar-refractivity contribution in [3.05, 3.63) is 90.1 Å². The van der Waals surface area contributed by atoms with Crippen LogP contribution in [0, 0.1) is 5.92 Å². The third-order valence-corrected chi connectivity index (χ3v) is 5.37. The molecule has 0 saturated carbocycles. The number of ether oxygens (including phenoxy) is 1. The molecule has 1 amide bonds. The number of nitrogens with two attached hydrogens (primary N) is 1. The number of rotatable bonds is 11. The Kier molecular flexibility index (Phi) is 8.98. The van der Waals surface area contributed by atoms with Gasteiger partial charge in [0.2, 0.25) is 0 Å². The van der Waals surface area contributed by atoms with E-state index in [0.717, 1.165) is 28.9 Å². The van der Waals surface area contributed by atoms with Crippen LogP contribution in [0.25, 0.3) is 11.3 Å². The normalized spacial score (nSPS) is 13.1. The second-order valence-electron chi connectivity index (χ2n) is 8.73. The molecule has 3 rings (SSSR count). The molecule has 0 saturated heterocycles. The molecule has 0 aliphatic carbocycles. The van der Waals surface area contributed by atoms with Gasteiger partial charge in [0.25, 0.3) is 0 Å². The quantitative estimate of drug-likeness (QED) is 0.458. The average Bonchev–Trinajstić information content (AvgIpc) is 2.79. The van der Waals surface area contributed by atoms with E-state index in [-0.39, 0.29) is 0 Å². The van der Waals surface area contributed by atoms with Crippen molar-refractivity contribution in [1.82, 2.24) is 9.88 Å². The summed E-state index contributed by atoms with van der Waals surface area (Å²) in [5.74, 6) is 0.412. The lowest BCUT2D eigenvalue weighted by Gasteiger charge is -2.30. The molecule has 33 heavy (non-hydrogen) atoms. The number of carbonyl (C=O) groups is 1. The molecule has 3 aromatic rings. The highest BCUT2D eigenvalue weighted by atomic mass is 16.6. The van der Waals surface area contributed by atoms with Crippen LogP contribution in [0.4, 0.5) is 4.79 Å². The Hall–Kier alpha value is -3.22. The number of carbonyl (C=O) groups excluding carboxylic acids is 1. The molecule has 0 aliphatic rings. The smallest absolute Gasteiger partial charge is 0.404 e. The first-order valence-corrected chi connectivity index (χ1v) is 11.3. The number of primary amides is 1. The standard InChI is InChI=1S/C27H33N3O3/c1-20(2)17-30(18-22-11-13-23(14-12-22)24-10-6-7-15-29-24)19-25(31)26(33-27(28)32)16-21-8-4-3-5-9-21/h3-15,20,25-26,31H,16-19H2,1-2H3,(H2,28,32). The van der Waals surface area contributed by atoms with Gasteiger partial charge in [0.05, 0.1) is 5.69 Å². The third-order valence-electron chi connectivity index (χ3n) is 5.37. The van der Waals surface area contributed by atoms with Crippen LogP contribution in [0.5, 0.6) is 0 Å². The topological polar surface area (TPSA) is 88.7 Å². The monoisotopic (exact) mass is 447 g/mol. The van der Waals surface area contributed by atoms with E-state index in [4.69, 9.17) is 10.5 Å². The molecule has 3 N–H and O–H groups in total. The van der Waals surface area contributed by atoms with Gasteiger partial charge in [-0.15, -0.1) is 0 Å². The highest BCUT2D eigenvalue weighted by molar-refractivity contribution is 5.65. The van der Waals surface area contributed by atoms with E-state index in [1.54, 1.807) is 6.20 Å². The fourth-order valence-corrected chi connectivity index (χ4v) is 3.93. The Morgan fingerprint density at radius 3 is 2.27 bits per heavy atom. The maximum atomic E-state index is 11.5. The predicted molar refractivity (Wildman–Crippen MR) is 130 cm³/mol. The van der Waals surface area contributed by atoms with Gasteiger partial charge >= 0.3 is 6.09 Å². The molecular weight excluding hydrogens is 414 g/mol. The van der Waals surface area contributed by atoms with Crippen LogP contribution in [0.15, 0.2) is 79.0 Å². The molecule has 174 valence electrons. The second-order valence-corrected chi connectivity index (χ2v) is 8.73. The number of nitrogens with zero attached hydrogens (tertiary/aromatic N) is 2. The van der Waals surface area contributed by atoms with E-state index in [9.17, 15) is 9.90 Å². The number of aromatic nitrogens is 1. The van der Waals surface area contributed by atoms with Gasteiger partial charge in [-0.1, -0.05) is 74.5 Å². The summed E-state index contributed by atoms with van der Waals surface area (Å²) in [6.07, 6.45) is -0.278. The Balaban J connectivity index is 1.69. The number of hydrogen-bond acceptors (Lipinski definition) is 5. The summed E-state index contributed by atoms with van der Waals surface area (Å²) in [6.45, 7) is 6.13. The third kappa shape index (κ3) is 8.00. The van der Waals surface area contributed by atoms with Crippen LogP contribution < -0.4 is 5.73 Å². The van der Waals surface area contributed by atoms with E-state index in [2.05, 4.69) is 48.0 Å². The number of hydrogen-bond donors (Lipinski definition) is 2. The lowest BCUT2D eigenvalue weighted by molar-refractivity contribution is -0.0139. The summed E-state index contributed by atoms with van der Waals surface area (Å²) in [6, 6.07) is 23.8. The summed E-state index contributed by atoms with van der Waals surface area (Å²) in [5.41, 5.74) is 9.40. The SMILES string of the molecule is CC(C)CN(Cc1ccc(-c2ccccn2)cc1)CC(O)C(Cc1ccccc1)OC(N)=O. The predicted octanol–water partition coefficient (Wildman–Crippen LogP) is 4.27. The summed E-state index contributed by atoms with van der Waals surface area (Å²) >= 11 is 0. The minimum Gasteiger partial charge on any atom is -0.443 e. The van der Waals surface area contributed by atoms with Gasteiger partial charge < -0.3 is 15.6 Å². The zero-order valence-electron chi connectivity index (χ0n) is 19.3. The van der Waals surface area contributed by atoms with Crippen molar-refractivity contribution in [2.75, 3.05) is 13.1 Å². The van der Waals surface area contributed by atoms with E-state index >= 15 is 0 Å². The first-order valence-electron chi connectivity index (χ1n) is 11.3. The van der Waals surface area contributed by atoms with Gasteiger partial charge in [0.1, 0.15) is 12.2 Å². The summed E-state index contributed by atoms with van der Waals surface area (Å²) in [5, 5.41) is 11.0. The van der Waals surface area contributed by atoms with Gasteiger partial charge in [0, 0.05) is 37.8 Å². The molecular formula is C27H33N3O3. The Morgan fingerprint density at radius 1 is 0.970 bits per heavy atom. The van der Waals surface area contributed by atoms with Crippen molar-refractivity contribution in [1.29, 1.82) is 0 Å². The largest absolute Gasteiger partial charge is 0.443 e. The molecule has 0 spiro atoms. The summed E-state index contributed by atoms with van der Waals surface area (Å²) in [4.78, 5) is 18.1. The molecule has 2 unspecified atom stereocenters. The van der Waals surface area contributed by atoms with Crippen LogP contribution >= 0.6 is 0 Å². The average molecular weight is 448 g/mol. The number of aliphatic hydroxyl groups excluding tert-OH is 1. The highest BCUT2D eigenvalue weighted by Crippen LogP contribution is 2.19. The molecule has 0 aliphatic heterocycles.